The van der Waals surface area contributed by atoms with E-state index in [1.54, 1.807) is 24.3 Å². The van der Waals surface area contributed by atoms with Crippen LogP contribution in [-0.2, 0) is 4.74 Å². The molecule has 0 aliphatic rings. The van der Waals surface area contributed by atoms with Crippen LogP contribution < -0.4 is 10.1 Å². The highest BCUT2D eigenvalue weighted by Gasteiger charge is 2.23. The number of anilines is 1. The van der Waals surface area contributed by atoms with E-state index in [1.807, 2.05) is 31.2 Å². The molecule has 0 radical (unpaired) electrons. The summed E-state index contributed by atoms with van der Waals surface area (Å²) in [7, 11) is 1.52. The largest absolute Gasteiger partial charge is 0.496 e. The molecule has 0 spiro atoms. The van der Waals surface area contributed by atoms with Crippen LogP contribution in [0, 0.1) is 0 Å². The van der Waals surface area contributed by atoms with Crippen molar-refractivity contribution >= 4 is 38.3 Å². The van der Waals surface area contributed by atoms with Gasteiger partial charge in [-0.25, -0.2) is 4.79 Å². The lowest BCUT2D eigenvalue weighted by Gasteiger charge is -2.10. The molecular formula is C21H21NO4S. The zero-order valence-corrected chi connectivity index (χ0v) is 16.1. The third-order valence-electron chi connectivity index (χ3n) is 4.11. The molecule has 1 aromatic heterocycles. The number of methoxy groups -OCH3 is 1. The minimum absolute atomic E-state index is 0.332. The van der Waals surface area contributed by atoms with E-state index in [2.05, 4.69) is 5.32 Å². The lowest BCUT2D eigenvalue weighted by molar-refractivity contribution is 0.0503. The Hall–Kier alpha value is -2.86. The molecule has 2 aromatic carbocycles. The topological polar surface area (TPSA) is 64.6 Å². The van der Waals surface area contributed by atoms with Crippen molar-refractivity contribution in [2.24, 2.45) is 0 Å². The van der Waals surface area contributed by atoms with Crippen molar-refractivity contribution < 1.29 is 19.1 Å². The highest BCUT2D eigenvalue weighted by Crippen LogP contribution is 2.36. The summed E-state index contributed by atoms with van der Waals surface area (Å²) < 4.78 is 11.6. The van der Waals surface area contributed by atoms with Gasteiger partial charge in [-0.2, -0.15) is 0 Å². The number of carbonyl (C=O) groups excluding carboxylic acids is 2. The van der Waals surface area contributed by atoms with Gasteiger partial charge in [0.15, 0.2) is 0 Å². The first kappa shape index (κ1) is 18.9. The number of nitrogens with one attached hydrogen (secondary N) is 1. The molecule has 0 atom stereocenters. The van der Waals surface area contributed by atoms with Crippen LogP contribution in [0.5, 0.6) is 5.75 Å². The van der Waals surface area contributed by atoms with Crippen molar-refractivity contribution in [3.05, 3.63) is 59.7 Å². The Morgan fingerprint density at radius 3 is 2.59 bits per heavy atom. The Morgan fingerprint density at radius 1 is 1.07 bits per heavy atom. The lowest BCUT2D eigenvalue weighted by atomic mass is 10.1. The van der Waals surface area contributed by atoms with Gasteiger partial charge in [-0.05, 0) is 24.6 Å². The Balaban J connectivity index is 1.95. The summed E-state index contributed by atoms with van der Waals surface area (Å²) in [6, 6.07) is 14.5. The highest BCUT2D eigenvalue weighted by molar-refractivity contribution is 7.23. The molecule has 0 fully saturated rings. The van der Waals surface area contributed by atoms with Gasteiger partial charge in [-0.3, -0.25) is 4.79 Å². The molecule has 0 aliphatic carbocycles. The molecule has 0 aliphatic heterocycles. The van der Waals surface area contributed by atoms with Crippen LogP contribution in [0.25, 0.3) is 10.1 Å². The maximum Gasteiger partial charge on any atom is 0.341 e. The van der Waals surface area contributed by atoms with Crippen molar-refractivity contribution in [2.75, 3.05) is 19.0 Å². The fourth-order valence-electron chi connectivity index (χ4n) is 2.72. The quantitative estimate of drug-likeness (QED) is 0.454. The van der Waals surface area contributed by atoms with Crippen LogP contribution in [0.2, 0.25) is 0 Å². The highest BCUT2D eigenvalue weighted by atomic mass is 32.1. The minimum Gasteiger partial charge on any atom is -0.496 e. The molecule has 27 heavy (non-hydrogen) atoms. The van der Waals surface area contributed by atoms with Crippen molar-refractivity contribution in [3.8, 4) is 5.75 Å². The molecule has 1 amide bonds. The predicted molar refractivity (Wildman–Crippen MR) is 108 cm³/mol. The number of esters is 1. The van der Waals surface area contributed by atoms with Crippen LogP contribution in [-0.4, -0.2) is 25.6 Å². The predicted octanol–water partition coefficient (Wildman–Crippen LogP) is 5.12. The number of rotatable bonds is 7. The summed E-state index contributed by atoms with van der Waals surface area (Å²) in [6.07, 6.45) is 1.74. The van der Waals surface area contributed by atoms with Crippen molar-refractivity contribution in [1.82, 2.24) is 0 Å². The minimum atomic E-state index is -0.420. The smallest absolute Gasteiger partial charge is 0.341 e. The Labute approximate surface area is 161 Å². The molecule has 3 aromatic rings. The second-order valence-electron chi connectivity index (χ2n) is 5.95. The molecule has 0 saturated carbocycles. The standard InChI is InChI=1S/C21H21NO4S/c1-3-4-13-26-21(24)18-15-10-6-8-12-17(15)27-20(18)22-19(23)14-9-5-7-11-16(14)25-2/h5-12H,3-4,13H2,1-2H3,(H,22,23). The number of hydrogen-bond donors (Lipinski definition) is 1. The van der Waals surface area contributed by atoms with Crippen LogP contribution >= 0.6 is 11.3 Å². The van der Waals surface area contributed by atoms with Gasteiger partial charge in [0.25, 0.3) is 5.91 Å². The zero-order valence-electron chi connectivity index (χ0n) is 15.3. The summed E-state index contributed by atoms with van der Waals surface area (Å²) in [6.45, 7) is 2.39. The van der Waals surface area contributed by atoms with Crippen LogP contribution in [0.1, 0.15) is 40.5 Å². The maximum absolute atomic E-state index is 12.8. The molecule has 5 nitrogen and oxygen atoms in total. The number of hydrogen-bond acceptors (Lipinski definition) is 5. The van der Waals surface area contributed by atoms with Gasteiger partial charge in [0, 0.05) is 10.1 Å². The third-order valence-corrected chi connectivity index (χ3v) is 5.20. The average molecular weight is 383 g/mol. The average Bonchev–Trinajstić information content (AvgIpc) is 3.05. The molecule has 1 heterocycles. The number of unbranched alkanes of at least 4 members (excludes halogenated alkanes) is 1. The fourth-order valence-corrected chi connectivity index (χ4v) is 3.81. The van der Waals surface area contributed by atoms with Crippen LogP contribution in [0.15, 0.2) is 48.5 Å². The summed E-state index contributed by atoms with van der Waals surface area (Å²) in [5, 5.41) is 4.12. The summed E-state index contributed by atoms with van der Waals surface area (Å²) >= 11 is 1.35. The number of ether oxygens (including phenoxy) is 2. The number of para-hydroxylation sites is 1. The van der Waals surface area contributed by atoms with E-state index in [9.17, 15) is 9.59 Å². The van der Waals surface area contributed by atoms with Crippen LogP contribution in [0.3, 0.4) is 0 Å². The second kappa shape index (κ2) is 8.68. The third kappa shape index (κ3) is 4.11. The number of fused-ring (bicyclic) bond motifs is 1. The number of carbonyl (C=O) groups is 2. The molecule has 140 valence electrons. The molecule has 6 heteroatoms. The number of benzene rings is 2. The van der Waals surface area contributed by atoms with E-state index in [-0.39, 0.29) is 5.91 Å². The van der Waals surface area contributed by atoms with E-state index in [1.165, 1.54) is 18.4 Å². The maximum atomic E-state index is 12.8. The van der Waals surface area contributed by atoms with Gasteiger partial charge in [0.05, 0.1) is 19.3 Å². The summed E-state index contributed by atoms with van der Waals surface area (Å²) in [5.74, 6) is -0.277. The number of thiophene rings is 1. The summed E-state index contributed by atoms with van der Waals surface area (Å²) in [4.78, 5) is 25.4. The first-order valence-corrected chi connectivity index (χ1v) is 9.60. The second-order valence-corrected chi connectivity index (χ2v) is 7.00. The fraction of sp³-hybridized carbons (Fsp3) is 0.238. The van der Waals surface area contributed by atoms with Gasteiger partial charge in [-0.1, -0.05) is 43.7 Å². The van der Waals surface area contributed by atoms with Gasteiger partial charge < -0.3 is 14.8 Å². The molecule has 3 rings (SSSR count). The van der Waals surface area contributed by atoms with Crippen molar-refractivity contribution in [1.29, 1.82) is 0 Å². The zero-order chi connectivity index (χ0) is 19.2. The van der Waals surface area contributed by atoms with E-state index < -0.39 is 5.97 Å². The molecule has 1 N–H and O–H groups in total. The van der Waals surface area contributed by atoms with Crippen molar-refractivity contribution in [2.45, 2.75) is 19.8 Å². The SMILES string of the molecule is CCCCOC(=O)c1c(NC(=O)c2ccccc2OC)sc2ccccc12. The molecule has 0 bridgehead atoms. The summed E-state index contributed by atoms with van der Waals surface area (Å²) in [5.41, 5.74) is 0.803. The monoisotopic (exact) mass is 383 g/mol. The van der Waals surface area contributed by atoms with E-state index in [4.69, 9.17) is 9.47 Å². The van der Waals surface area contributed by atoms with Gasteiger partial charge in [-0.15, -0.1) is 11.3 Å². The lowest BCUT2D eigenvalue weighted by Crippen LogP contribution is -2.15. The van der Waals surface area contributed by atoms with Gasteiger partial charge >= 0.3 is 5.97 Å². The Kier molecular flexibility index (Phi) is 6.08. The molecular weight excluding hydrogens is 362 g/mol. The first-order chi connectivity index (χ1) is 13.2. The number of amides is 1. The Bertz CT molecular complexity index is 964. The van der Waals surface area contributed by atoms with Gasteiger partial charge in [0.2, 0.25) is 0 Å². The van der Waals surface area contributed by atoms with E-state index in [0.29, 0.717) is 28.5 Å². The van der Waals surface area contributed by atoms with E-state index >= 15 is 0 Å². The van der Waals surface area contributed by atoms with Crippen LogP contribution in [0.4, 0.5) is 5.00 Å². The Morgan fingerprint density at radius 2 is 1.81 bits per heavy atom. The van der Waals surface area contributed by atoms with Crippen molar-refractivity contribution in [3.63, 3.8) is 0 Å². The first-order valence-electron chi connectivity index (χ1n) is 8.78. The van der Waals surface area contributed by atoms with Gasteiger partial charge in [0.1, 0.15) is 16.3 Å². The molecule has 0 saturated heterocycles. The van der Waals surface area contributed by atoms with E-state index in [0.717, 1.165) is 22.9 Å². The normalized spacial score (nSPS) is 10.6. The molecule has 0 unspecified atom stereocenters.